The second-order valence-corrected chi connectivity index (χ2v) is 6.99. The van der Waals surface area contributed by atoms with E-state index in [-0.39, 0.29) is 17.7 Å². The van der Waals surface area contributed by atoms with Gasteiger partial charge in [0, 0.05) is 38.5 Å². The number of carbonyl (C=O) groups excluding carboxylic acids is 2. The Kier molecular flexibility index (Phi) is 5.69. The van der Waals surface area contributed by atoms with Gasteiger partial charge in [0.15, 0.2) is 11.5 Å². The Hall–Kier alpha value is -2.24. The minimum Gasteiger partial charge on any atom is -0.493 e. The number of ether oxygens (including phenoxy) is 2. The highest BCUT2D eigenvalue weighted by atomic mass is 16.5. The molecule has 142 valence electrons. The zero-order valence-electron chi connectivity index (χ0n) is 15.9. The number of hydrogen-bond acceptors (Lipinski definition) is 4. The van der Waals surface area contributed by atoms with Crippen LogP contribution in [0.3, 0.4) is 0 Å². The van der Waals surface area contributed by atoms with Crippen LogP contribution < -0.4 is 9.47 Å². The molecule has 0 saturated carbocycles. The summed E-state index contributed by atoms with van der Waals surface area (Å²) in [7, 11) is 3.26. The predicted molar refractivity (Wildman–Crippen MR) is 98.3 cm³/mol. The molecule has 3 rings (SSSR count). The van der Waals surface area contributed by atoms with Crippen molar-refractivity contribution in [3.05, 3.63) is 23.3 Å². The lowest BCUT2D eigenvalue weighted by Crippen LogP contribution is -2.45. The smallest absolute Gasteiger partial charge is 0.226 e. The van der Waals surface area contributed by atoms with Crippen molar-refractivity contribution in [1.82, 2.24) is 9.80 Å². The molecule has 0 bridgehead atoms. The minimum absolute atomic E-state index is 0.0256. The summed E-state index contributed by atoms with van der Waals surface area (Å²) in [6, 6.07) is 4.00. The van der Waals surface area contributed by atoms with Gasteiger partial charge in [-0.2, -0.15) is 0 Å². The van der Waals surface area contributed by atoms with Crippen molar-refractivity contribution >= 4 is 11.8 Å². The molecule has 2 heterocycles. The first kappa shape index (κ1) is 18.5. The summed E-state index contributed by atoms with van der Waals surface area (Å²) in [6.07, 6.45) is 2.89. The van der Waals surface area contributed by atoms with Crippen LogP contribution >= 0.6 is 0 Å². The van der Waals surface area contributed by atoms with E-state index in [9.17, 15) is 9.59 Å². The molecule has 1 fully saturated rings. The van der Waals surface area contributed by atoms with Gasteiger partial charge in [0.1, 0.15) is 0 Å². The van der Waals surface area contributed by atoms with Crippen LogP contribution in [0.15, 0.2) is 12.1 Å². The van der Waals surface area contributed by atoms with E-state index < -0.39 is 0 Å². The second-order valence-electron chi connectivity index (χ2n) is 6.99. The van der Waals surface area contributed by atoms with Gasteiger partial charge in [0.05, 0.1) is 14.2 Å². The van der Waals surface area contributed by atoms with E-state index in [0.29, 0.717) is 31.8 Å². The van der Waals surface area contributed by atoms with E-state index in [1.807, 2.05) is 28.9 Å². The highest BCUT2D eigenvalue weighted by Gasteiger charge is 2.31. The molecular formula is C20H28N2O4. The monoisotopic (exact) mass is 360 g/mol. The van der Waals surface area contributed by atoms with Crippen molar-refractivity contribution in [3.63, 3.8) is 0 Å². The molecule has 0 aliphatic carbocycles. The summed E-state index contributed by atoms with van der Waals surface area (Å²) in [5.41, 5.74) is 2.34. The summed E-state index contributed by atoms with van der Waals surface area (Å²) in [5, 5.41) is 0. The fraction of sp³-hybridized carbons (Fsp3) is 0.600. The molecule has 0 unspecified atom stereocenters. The molecule has 0 atom stereocenters. The summed E-state index contributed by atoms with van der Waals surface area (Å²) in [5.74, 6) is 1.86. The van der Waals surface area contributed by atoms with E-state index >= 15 is 0 Å². The van der Waals surface area contributed by atoms with E-state index in [1.165, 1.54) is 5.56 Å². The number of carbonyl (C=O) groups is 2. The molecule has 1 saturated heterocycles. The second kappa shape index (κ2) is 7.98. The normalized spacial score (nSPS) is 17.7. The number of fused-ring (bicyclic) bond motifs is 1. The van der Waals surface area contributed by atoms with Crippen LogP contribution in [-0.2, 0) is 22.6 Å². The van der Waals surface area contributed by atoms with Gasteiger partial charge < -0.3 is 19.3 Å². The van der Waals surface area contributed by atoms with Crippen LogP contribution in [0, 0.1) is 5.92 Å². The standard InChI is InChI=1S/C20H28N2O4/c1-4-19(23)21-8-5-14(6-9-21)20(24)22-10-7-15-11-17(25-2)18(26-3)12-16(15)13-22/h11-12,14H,4-10,13H2,1-3H3. The van der Waals surface area contributed by atoms with Crippen molar-refractivity contribution < 1.29 is 19.1 Å². The van der Waals surface area contributed by atoms with Crippen LogP contribution in [0.1, 0.15) is 37.3 Å². The highest BCUT2D eigenvalue weighted by molar-refractivity contribution is 5.80. The Bertz CT molecular complexity index is 681. The van der Waals surface area contributed by atoms with Gasteiger partial charge in [-0.15, -0.1) is 0 Å². The number of methoxy groups -OCH3 is 2. The first-order chi connectivity index (χ1) is 12.6. The summed E-state index contributed by atoms with van der Waals surface area (Å²) in [4.78, 5) is 28.6. The number of benzene rings is 1. The number of rotatable bonds is 4. The molecule has 0 aromatic heterocycles. The van der Waals surface area contributed by atoms with Crippen molar-refractivity contribution in [1.29, 1.82) is 0 Å². The SMILES string of the molecule is CCC(=O)N1CCC(C(=O)N2CCc3cc(OC)c(OC)cc3C2)CC1. The lowest BCUT2D eigenvalue weighted by Gasteiger charge is -2.36. The maximum atomic E-state index is 13.0. The van der Waals surface area contributed by atoms with Crippen LogP contribution in [0.4, 0.5) is 0 Å². The third-order valence-corrected chi connectivity index (χ3v) is 5.53. The van der Waals surface area contributed by atoms with Crippen molar-refractivity contribution in [2.24, 2.45) is 5.92 Å². The quantitative estimate of drug-likeness (QED) is 0.826. The summed E-state index contributed by atoms with van der Waals surface area (Å²) in [6.45, 7) is 4.61. The van der Waals surface area contributed by atoms with Crippen molar-refractivity contribution in [2.45, 2.75) is 39.2 Å². The van der Waals surface area contributed by atoms with E-state index in [1.54, 1.807) is 14.2 Å². The predicted octanol–water partition coefficient (Wildman–Crippen LogP) is 2.24. The van der Waals surface area contributed by atoms with E-state index in [0.717, 1.165) is 37.1 Å². The zero-order chi connectivity index (χ0) is 18.7. The van der Waals surface area contributed by atoms with Gasteiger partial charge in [0.25, 0.3) is 0 Å². The number of amides is 2. The van der Waals surface area contributed by atoms with Gasteiger partial charge in [-0.05, 0) is 42.5 Å². The molecule has 0 N–H and O–H groups in total. The van der Waals surface area contributed by atoms with Gasteiger partial charge >= 0.3 is 0 Å². The third-order valence-electron chi connectivity index (χ3n) is 5.53. The highest BCUT2D eigenvalue weighted by Crippen LogP contribution is 2.34. The average Bonchev–Trinajstić information content (AvgIpc) is 2.71. The lowest BCUT2D eigenvalue weighted by atomic mass is 9.92. The topological polar surface area (TPSA) is 59.1 Å². The number of likely N-dealkylation sites (tertiary alicyclic amines) is 1. The zero-order valence-corrected chi connectivity index (χ0v) is 15.9. The summed E-state index contributed by atoms with van der Waals surface area (Å²) < 4.78 is 10.8. The van der Waals surface area contributed by atoms with Crippen LogP contribution in [0.25, 0.3) is 0 Å². The van der Waals surface area contributed by atoms with Crippen molar-refractivity contribution in [3.8, 4) is 11.5 Å². The van der Waals surface area contributed by atoms with Gasteiger partial charge in [-0.25, -0.2) is 0 Å². The molecule has 0 radical (unpaired) electrons. The van der Waals surface area contributed by atoms with Crippen LogP contribution in [-0.4, -0.2) is 55.5 Å². The molecule has 6 heteroatoms. The number of nitrogens with zero attached hydrogens (tertiary/aromatic N) is 2. The van der Waals surface area contributed by atoms with Gasteiger partial charge in [-0.3, -0.25) is 9.59 Å². The lowest BCUT2D eigenvalue weighted by molar-refractivity contribution is -0.141. The van der Waals surface area contributed by atoms with Crippen LogP contribution in [0.2, 0.25) is 0 Å². The Morgan fingerprint density at radius 1 is 1.00 bits per heavy atom. The fourth-order valence-electron chi connectivity index (χ4n) is 3.93. The summed E-state index contributed by atoms with van der Waals surface area (Å²) >= 11 is 0. The van der Waals surface area contributed by atoms with E-state index in [2.05, 4.69) is 0 Å². The molecule has 0 spiro atoms. The maximum Gasteiger partial charge on any atom is 0.226 e. The molecule has 2 aliphatic heterocycles. The molecule has 2 amide bonds. The molecular weight excluding hydrogens is 332 g/mol. The van der Waals surface area contributed by atoms with Crippen molar-refractivity contribution in [2.75, 3.05) is 33.9 Å². The molecule has 1 aromatic rings. The Labute approximate surface area is 155 Å². The number of piperidine rings is 1. The molecule has 2 aliphatic rings. The maximum absolute atomic E-state index is 13.0. The third kappa shape index (κ3) is 3.64. The fourth-order valence-corrected chi connectivity index (χ4v) is 3.93. The van der Waals surface area contributed by atoms with Gasteiger partial charge in [-0.1, -0.05) is 6.92 Å². The van der Waals surface area contributed by atoms with Crippen LogP contribution in [0.5, 0.6) is 11.5 Å². The van der Waals surface area contributed by atoms with Gasteiger partial charge in [0.2, 0.25) is 11.8 Å². The first-order valence-corrected chi connectivity index (χ1v) is 9.37. The molecule has 26 heavy (non-hydrogen) atoms. The average molecular weight is 360 g/mol. The number of hydrogen-bond donors (Lipinski definition) is 0. The minimum atomic E-state index is 0.0256. The molecule has 1 aromatic carbocycles. The molecule has 6 nitrogen and oxygen atoms in total. The first-order valence-electron chi connectivity index (χ1n) is 9.37. The Morgan fingerprint density at radius 2 is 1.62 bits per heavy atom. The largest absolute Gasteiger partial charge is 0.493 e. The Balaban J connectivity index is 1.65. The van der Waals surface area contributed by atoms with E-state index in [4.69, 9.17) is 9.47 Å². The Morgan fingerprint density at radius 3 is 2.19 bits per heavy atom.